The van der Waals surface area contributed by atoms with E-state index >= 15 is 0 Å². The van der Waals surface area contributed by atoms with E-state index in [0.29, 0.717) is 13.0 Å². The Kier molecular flexibility index (Phi) is 2.52. The van der Waals surface area contributed by atoms with Gasteiger partial charge in [-0.05, 0) is 6.07 Å². The van der Waals surface area contributed by atoms with Crippen LogP contribution in [-0.2, 0) is 19.9 Å². The summed E-state index contributed by atoms with van der Waals surface area (Å²) in [5.74, 6) is -0.679. The predicted molar refractivity (Wildman–Crippen MR) is 70.5 cm³/mol. The van der Waals surface area contributed by atoms with Gasteiger partial charge < -0.3 is 9.64 Å². The van der Waals surface area contributed by atoms with E-state index in [4.69, 9.17) is 4.74 Å². The molecule has 0 aliphatic carbocycles. The Hall–Kier alpha value is -2.36. The number of carbonyl (C=O) groups excluding carboxylic acids is 2. The first kappa shape index (κ1) is 11.7. The molecule has 4 nitrogen and oxygen atoms in total. The van der Waals surface area contributed by atoms with Crippen LogP contribution in [0.5, 0.6) is 0 Å². The first-order valence-corrected chi connectivity index (χ1v) is 6.11. The molecule has 1 atom stereocenters. The molecule has 1 aromatic carbocycles. The fourth-order valence-corrected chi connectivity index (χ4v) is 2.67. The Balaban J connectivity index is 2.17. The van der Waals surface area contributed by atoms with Crippen LogP contribution in [-0.4, -0.2) is 18.4 Å². The van der Waals surface area contributed by atoms with Crippen molar-refractivity contribution in [1.29, 1.82) is 0 Å². The third-order valence-corrected chi connectivity index (χ3v) is 3.47. The molecular formula is C15H13NO3. The molecule has 1 spiro atoms. The molecule has 1 amide bonds. The molecule has 4 heteroatoms. The standard InChI is InChI=1S/C15H13NO3/c1-2-10-16-12-7-4-3-6-11(12)15(14(16)18)9-5-8-13(17)19-15/h2-8H,1,9-10H2/t15-/m1/s1. The lowest BCUT2D eigenvalue weighted by molar-refractivity contribution is -0.164. The molecule has 0 N–H and O–H groups in total. The number of para-hydroxylation sites is 1. The highest BCUT2D eigenvalue weighted by Gasteiger charge is 2.53. The van der Waals surface area contributed by atoms with Crippen molar-refractivity contribution >= 4 is 17.6 Å². The van der Waals surface area contributed by atoms with Crippen molar-refractivity contribution in [2.24, 2.45) is 0 Å². The van der Waals surface area contributed by atoms with Gasteiger partial charge in [0.15, 0.2) is 0 Å². The monoisotopic (exact) mass is 255 g/mol. The third kappa shape index (κ3) is 1.53. The summed E-state index contributed by atoms with van der Waals surface area (Å²) in [4.78, 5) is 25.8. The molecule has 19 heavy (non-hydrogen) atoms. The Morgan fingerprint density at radius 1 is 1.37 bits per heavy atom. The molecule has 0 unspecified atom stereocenters. The Labute approximate surface area is 111 Å². The second-order valence-corrected chi connectivity index (χ2v) is 4.58. The van der Waals surface area contributed by atoms with Gasteiger partial charge in [-0.15, -0.1) is 6.58 Å². The summed E-state index contributed by atoms with van der Waals surface area (Å²) < 4.78 is 5.40. The Morgan fingerprint density at radius 2 is 2.16 bits per heavy atom. The number of esters is 1. The highest BCUT2D eigenvalue weighted by atomic mass is 16.6. The quantitative estimate of drug-likeness (QED) is 0.599. The SMILES string of the molecule is C=CCN1C(=O)[C@@]2(CC=CC(=O)O2)c2ccccc21. The molecule has 96 valence electrons. The summed E-state index contributed by atoms with van der Waals surface area (Å²) >= 11 is 0. The van der Waals surface area contributed by atoms with Crippen molar-refractivity contribution in [2.75, 3.05) is 11.4 Å². The number of nitrogens with zero attached hydrogens (tertiary/aromatic N) is 1. The number of ether oxygens (including phenoxy) is 1. The van der Waals surface area contributed by atoms with Crippen LogP contribution in [0.3, 0.4) is 0 Å². The van der Waals surface area contributed by atoms with Gasteiger partial charge in [0.1, 0.15) is 0 Å². The average Bonchev–Trinajstić information content (AvgIpc) is 2.63. The molecule has 0 radical (unpaired) electrons. The van der Waals surface area contributed by atoms with Gasteiger partial charge >= 0.3 is 5.97 Å². The maximum Gasteiger partial charge on any atom is 0.331 e. The van der Waals surface area contributed by atoms with E-state index in [0.717, 1.165) is 11.3 Å². The fourth-order valence-electron chi connectivity index (χ4n) is 2.67. The van der Waals surface area contributed by atoms with Crippen LogP contribution in [0.4, 0.5) is 5.69 Å². The van der Waals surface area contributed by atoms with Gasteiger partial charge in [-0.1, -0.05) is 30.4 Å². The molecule has 2 heterocycles. The Bertz CT molecular complexity index is 605. The van der Waals surface area contributed by atoms with Crippen LogP contribution in [0.25, 0.3) is 0 Å². The topological polar surface area (TPSA) is 46.6 Å². The molecule has 2 aliphatic rings. The molecular weight excluding hydrogens is 242 g/mol. The summed E-state index contributed by atoms with van der Waals surface area (Å²) in [5.41, 5.74) is 0.348. The van der Waals surface area contributed by atoms with Crippen molar-refractivity contribution in [3.63, 3.8) is 0 Å². The lowest BCUT2D eigenvalue weighted by Crippen LogP contribution is -2.44. The molecule has 1 aromatic rings. The second-order valence-electron chi connectivity index (χ2n) is 4.58. The lowest BCUT2D eigenvalue weighted by atomic mass is 9.90. The van der Waals surface area contributed by atoms with E-state index in [9.17, 15) is 9.59 Å². The van der Waals surface area contributed by atoms with Crippen molar-refractivity contribution in [2.45, 2.75) is 12.0 Å². The summed E-state index contributed by atoms with van der Waals surface area (Å²) in [6, 6.07) is 7.40. The van der Waals surface area contributed by atoms with Crippen molar-refractivity contribution < 1.29 is 14.3 Å². The highest BCUT2D eigenvalue weighted by Crippen LogP contribution is 2.46. The van der Waals surface area contributed by atoms with Crippen LogP contribution in [0.2, 0.25) is 0 Å². The smallest absolute Gasteiger partial charge is 0.331 e. The van der Waals surface area contributed by atoms with Crippen molar-refractivity contribution in [1.82, 2.24) is 0 Å². The number of fused-ring (bicyclic) bond motifs is 2. The zero-order valence-electron chi connectivity index (χ0n) is 10.3. The van der Waals surface area contributed by atoms with Gasteiger partial charge in [0.05, 0.1) is 5.69 Å². The minimum atomic E-state index is -1.19. The molecule has 0 aromatic heterocycles. The maximum absolute atomic E-state index is 12.6. The van der Waals surface area contributed by atoms with Gasteiger partial charge in [0.25, 0.3) is 5.91 Å². The largest absolute Gasteiger partial charge is 0.440 e. The number of carbonyl (C=O) groups is 2. The molecule has 0 saturated heterocycles. The number of amides is 1. The molecule has 0 saturated carbocycles. The number of benzene rings is 1. The van der Waals surface area contributed by atoms with Crippen LogP contribution < -0.4 is 4.90 Å². The summed E-state index contributed by atoms with van der Waals surface area (Å²) in [6.45, 7) is 4.07. The number of hydrogen-bond acceptors (Lipinski definition) is 3. The number of rotatable bonds is 2. The Morgan fingerprint density at radius 3 is 2.89 bits per heavy atom. The van der Waals surface area contributed by atoms with E-state index < -0.39 is 11.6 Å². The second kappa shape index (κ2) is 4.09. The molecule has 3 rings (SSSR count). The van der Waals surface area contributed by atoms with E-state index in [2.05, 4.69) is 6.58 Å². The van der Waals surface area contributed by atoms with Crippen LogP contribution >= 0.6 is 0 Å². The third-order valence-electron chi connectivity index (χ3n) is 3.47. The highest BCUT2D eigenvalue weighted by molar-refractivity contribution is 6.09. The van der Waals surface area contributed by atoms with Gasteiger partial charge in [-0.25, -0.2) is 4.79 Å². The zero-order chi connectivity index (χ0) is 13.5. The van der Waals surface area contributed by atoms with Gasteiger partial charge in [-0.3, -0.25) is 4.79 Å². The normalized spacial score (nSPS) is 24.5. The first-order valence-electron chi connectivity index (χ1n) is 6.11. The van der Waals surface area contributed by atoms with Crippen molar-refractivity contribution in [3.05, 3.63) is 54.6 Å². The molecule has 0 fully saturated rings. The van der Waals surface area contributed by atoms with Crippen LogP contribution in [0, 0.1) is 0 Å². The first-order chi connectivity index (χ1) is 9.19. The van der Waals surface area contributed by atoms with Gasteiger partial charge in [-0.2, -0.15) is 0 Å². The predicted octanol–water partition coefficient (Wildman–Crippen LogP) is 1.92. The van der Waals surface area contributed by atoms with E-state index in [1.165, 1.54) is 6.08 Å². The summed E-state index contributed by atoms with van der Waals surface area (Å²) in [6.07, 6.45) is 5.09. The van der Waals surface area contributed by atoms with E-state index in [1.807, 2.05) is 24.3 Å². The lowest BCUT2D eigenvalue weighted by Gasteiger charge is -2.29. The number of anilines is 1. The van der Waals surface area contributed by atoms with E-state index in [1.54, 1.807) is 17.1 Å². The summed E-state index contributed by atoms with van der Waals surface area (Å²) in [7, 11) is 0. The minimum Gasteiger partial charge on any atom is -0.440 e. The molecule has 0 bridgehead atoms. The van der Waals surface area contributed by atoms with E-state index in [-0.39, 0.29) is 5.91 Å². The maximum atomic E-state index is 12.6. The summed E-state index contributed by atoms with van der Waals surface area (Å²) in [5, 5.41) is 0. The van der Waals surface area contributed by atoms with Gasteiger partial charge in [0, 0.05) is 24.6 Å². The molecule has 2 aliphatic heterocycles. The van der Waals surface area contributed by atoms with Crippen molar-refractivity contribution in [3.8, 4) is 0 Å². The minimum absolute atomic E-state index is 0.202. The van der Waals surface area contributed by atoms with Gasteiger partial charge in [0.2, 0.25) is 5.60 Å². The average molecular weight is 255 g/mol. The van der Waals surface area contributed by atoms with Crippen LogP contribution in [0.1, 0.15) is 12.0 Å². The fraction of sp³-hybridized carbons (Fsp3) is 0.200. The van der Waals surface area contributed by atoms with Crippen LogP contribution in [0.15, 0.2) is 49.1 Å². The zero-order valence-corrected chi connectivity index (χ0v) is 10.3. The number of hydrogen-bond donors (Lipinski definition) is 0.